The minimum Gasteiger partial charge on any atom is -0.465 e. The average molecular weight is 276 g/mol. The number of esters is 1. The Balaban J connectivity index is 2.47. The van der Waals surface area contributed by atoms with Gasteiger partial charge in [0.05, 0.1) is 42.9 Å². The van der Waals surface area contributed by atoms with Crippen molar-refractivity contribution in [3.05, 3.63) is 35.4 Å². The van der Waals surface area contributed by atoms with Gasteiger partial charge in [-0.1, -0.05) is 12.1 Å². The van der Waals surface area contributed by atoms with Gasteiger partial charge in [0.2, 0.25) is 0 Å². The molecular weight excluding hydrogens is 268 g/mol. The summed E-state index contributed by atoms with van der Waals surface area (Å²) in [5.41, 5.74) is -2.55. The largest absolute Gasteiger partial charge is 0.465 e. The van der Waals surface area contributed by atoms with Gasteiger partial charge in [0.25, 0.3) is 0 Å². The summed E-state index contributed by atoms with van der Waals surface area (Å²) in [5.74, 6) is -1.34. The molecule has 0 radical (unpaired) electrons. The van der Waals surface area contributed by atoms with Gasteiger partial charge in [0.15, 0.2) is 10.8 Å². The Bertz CT molecular complexity index is 702. The maximum Gasteiger partial charge on any atom is 0.337 e. The number of benzene rings is 1. The molecule has 21 heavy (non-hydrogen) atoms. The van der Waals surface area contributed by atoms with E-state index in [-0.39, 0.29) is 0 Å². The quantitative estimate of drug-likeness (QED) is 0.756. The van der Waals surface area contributed by atoms with Crippen LogP contribution in [0.4, 0.5) is 0 Å². The van der Waals surface area contributed by atoms with Gasteiger partial charge in [0.1, 0.15) is 0 Å². The first-order chi connectivity index (χ1) is 10.1. The van der Waals surface area contributed by atoms with Gasteiger partial charge in [0, 0.05) is 0 Å². The highest BCUT2D eigenvalue weighted by molar-refractivity contribution is 5.89. The Hall–Kier alpha value is -3.35. The summed E-state index contributed by atoms with van der Waals surface area (Å²) in [5, 5.41) is 36.9. The molecule has 0 N–H and O–H groups in total. The molecule has 0 unspecified atom stereocenters. The number of carbonyl (C=O) groups is 1. The number of methoxy groups -OCH3 is 1. The van der Waals surface area contributed by atoms with Gasteiger partial charge in [-0.05, 0) is 17.7 Å². The Kier molecular flexibility index (Phi) is 3.11. The second-order valence-corrected chi connectivity index (χ2v) is 4.61. The molecule has 6 heteroatoms. The molecule has 0 saturated heterocycles. The first-order valence-electron chi connectivity index (χ1n) is 5.90. The second kappa shape index (κ2) is 4.64. The Morgan fingerprint density at radius 1 is 1.00 bits per heavy atom. The van der Waals surface area contributed by atoms with Crippen molar-refractivity contribution in [3.63, 3.8) is 0 Å². The summed E-state index contributed by atoms with van der Waals surface area (Å²) in [6.07, 6.45) is 0. The SMILES string of the molecule is COC(=O)c1ccc(C2C(C#N)(C#N)C2(C#N)C#N)cc1. The van der Waals surface area contributed by atoms with E-state index in [1.54, 1.807) is 24.3 Å². The van der Waals surface area contributed by atoms with Gasteiger partial charge in [-0.25, -0.2) is 4.79 Å². The molecule has 6 nitrogen and oxygen atoms in total. The minimum atomic E-state index is -1.68. The van der Waals surface area contributed by atoms with Gasteiger partial charge >= 0.3 is 5.97 Å². The summed E-state index contributed by atoms with van der Waals surface area (Å²) in [4.78, 5) is 11.4. The highest BCUT2D eigenvalue weighted by Gasteiger charge is 2.81. The summed E-state index contributed by atoms with van der Waals surface area (Å²) < 4.78 is 4.57. The molecule has 0 bridgehead atoms. The normalized spacial score (nSPS) is 17.4. The van der Waals surface area contributed by atoms with Gasteiger partial charge in [-0.2, -0.15) is 21.0 Å². The van der Waals surface area contributed by atoms with E-state index in [9.17, 15) is 25.8 Å². The zero-order valence-electron chi connectivity index (χ0n) is 11.0. The number of hydrogen-bond acceptors (Lipinski definition) is 6. The fraction of sp³-hybridized carbons (Fsp3) is 0.267. The van der Waals surface area contributed by atoms with Crippen molar-refractivity contribution in [1.82, 2.24) is 0 Å². The first-order valence-corrected chi connectivity index (χ1v) is 5.90. The standard InChI is InChI=1S/C15H8N4O2/c1-21-13(20)11-4-2-10(3-5-11)12-14(6-16,7-17)15(12,8-18)9-19/h2-5,12H,1H3. The second-order valence-electron chi connectivity index (χ2n) is 4.61. The molecule has 0 atom stereocenters. The molecule has 0 amide bonds. The number of carbonyl (C=O) groups excluding carboxylic acids is 1. The van der Waals surface area contributed by atoms with Crippen LogP contribution in [0.25, 0.3) is 0 Å². The Morgan fingerprint density at radius 3 is 1.76 bits per heavy atom. The fourth-order valence-corrected chi connectivity index (χ4v) is 2.57. The number of rotatable bonds is 2. The van der Waals surface area contributed by atoms with E-state index in [2.05, 4.69) is 4.74 Å². The highest BCUT2D eigenvalue weighted by Crippen LogP contribution is 2.73. The Labute approximate surface area is 121 Å². The van der Waals surface area contributed by atoms with Crippen LogP contribution in [0, 0.1) is 56.2 Å². The number of hydrogen-bond donors (Lipinski definition) is 0. The van der Waals surface area contributed by atoms with E-state index >= 15 is 0 Å². The lowest BCUT2D eigenvalue weighted by Crippen LogP contribution is -2.05. The summed E-state index contributed by atoms with van der Waals surface area (Å²) in [6, 6.07) is 13.2. The third kappa shape index (κ3) is 1.57. The van der Waals surface area contributed by atoms with Crippen LogP contribution in [0.3, 0.4) is 0 Å². The van der Waals surface area contributed by atoms with Crippen molar-refractivity contribution in [2.75, 3.05) is 7.11 Å². The molecule has 2 rings (SSSR count). The Morgan fingerprint density at radius 2 is 1.43 bits per heavy atom. The minimum absolute atomic E-state index is 0.306. The molecule has 1 aliphatic carbocycles. The highest BCUT2D eigenvalue weighted by atomic mass is 16.5. The molecule has 0 aliphatic heterocycles. The van der Waals surface area contributed by atoms with Crippen molar-refractivity contribution < 1.29 is 9.53 Å². The van der Waals surface area contributed by atoms with Crippen LogP contribution in [0.2, 0.25) is 0 Å². The van der Waals surface area contributed by atoms with Gasteiger partial charge in [-0.15, -0.1) is 0 Å². The maximum atomic E-state index is 11.4. The predicted octanol–water partition coefficient (Wildman–Crippen LogP) is 1.64. The molecule has 1 aliphatic rings. The van der Waals surface area contributed by atoms with Crippen molar-refractivity contribution in [2.24, 2.45) is 10.8 Å². The van der Waals surface area contributed by atoms with Crippen molar-refractivity contribution in [1.29, 1.82) is 21.0 Å². The topological polar surface area (TPSA) is 121 Å². The molecule has 1 aromatic rings. The zero-order chi connectivity index (χ0) is 15.7. The molecule has 100 valence electrons. The third-order valence-electron chi connectivity index (χ3n) is 3.78. The first kappa shape index (κ1) is 14.1. The molecule has 0 aromatic heterocycles. The van der Waals surface area contributed by atoms with E-state index in [1.807, 2.05) is 0 Å². The third-order valence-corrected chi connectivity index (χ3v) is 3.78. The van der Waals surface area contributed by atoms with E-state index in [1.165, 1.54) is 31.4 Å². The van der Waals surface area contributed by atoms with E-state index in [4.69, 9.17) is 0 Å². The van der Waals surface area contributed by atoms with Crippen LogP contribution < -0.4 is 0 Å². The predicted molar refractivity (Wildman–Crippen MR) is 67.8 cm³/mol. The van der Waals surface area contributed by atoms with Crippen LogP contribution >= 0.6 is 0 Å². The van der Waals surface area contributed by atoms with Crippen LogP contribution in [-0.4, -0.2) is 13.1 Å². The molecule has 0 heterocycles. The number of nitriles is 4. The smallest absolute Gasteiger partial charge is 0.337 e. The van der Waals surface area contributed by atoms with Gasteiger partial charge < -0.3 is 4.74 Å². The van der Waals surface area contributed by atoms with E-state index < -0.39 is 22.7 Å². The lowest BCUT2D eigenvalue weighted by Gasteiger charge is -2.02. The summed E-state index contributed by atoms with van der Waals surface area (Å²) in [7, 11) is 1.25. The number of ether oxygens (including phenoxy) is 1. The van der Waals surface area contributed by atoms with Crippen molar-refractivity contribution in [2.45, 2.75) is 5.92 Å². The molecule has 1 aromatic carbocycles. The summed E-state index contributed by atoms with van der Waals surface area (Å²) in [6.45, 7) is 0. The molecule has 0 spiro atoms. The average Bonchev–Trinajstić information content (AvgIpc) is 3.17. The molecule has 1 fully saturated rings. The van der Waals surface area contributed by atoms with Crippen LogP contribution in [0.1, 0.15) is 21.8 Å². The van der Waals surface area contributed by atoms with Crippen LogP contribution in [-0.2, 0) is 4.74 Å². The molecule has 1 saturated carbocycles. The van der Waals surface area contributed by atoms with E-state index in [0.717, 1.165) is 0 Å². The van der Waals surface area contributed by atoms with Crippen LogP contribution in [0.15, 0.2) is 24.3 Å². The number of nitrogens with zero attached hydrogens (tertiary/aromatic N) is 4. The lowest BCUT2D eigenvalue weighted by atomic mass is 9.98. The summed E-state index contributed by atoms with van der Waals surface area (Å²) >= 11 is 0. The fourth-order valence-electron chi connectivity index (χ4n) is 2.57. The van der Waals surface area contributed by atoms with Gasteiger partial charge in [-0.3, -0.25) is 0 Å². The maximum absolute atomic E-state index is 11.4. The zero-order valence-corrected chi connectivity index (χ0v) is 11.0. The molecular formula is C15H8N4O2. The van der Waals surface area contributed by atoms with Crippen molar-refractivity contribution in [3.8, 4) is 24.3 Å². The monoisotopic (exact) mass is 276 g/mol. The van der Waals surface area contributed by atoms with Crippen LogP contribution in [0.5, 0.6) is 0 Å². The van der Waals surface area contributed by atoms with Crippen molar-refractivity contribution >= 4 is 5.97 Å². The lowest BCUT2D eigenvalue weighted by molar-refractivity contribution is 0.0600. The van der Waals surface area contributed by atoms with E-state index in [0.29, 0.717) is 11.1 Å².